The zero-order valence-electron chi connectivity index (χ0n) is 21.7. The van der Waals surface area contributed by atoms with E-state index in [9.17, 15) is 19.4 Å². The largest absolute Gasteiger partial charge is 0.488 e. The Morgan fingerprint density at radius 2 is 1.83 bits per heavy atom. The summed E-state index contributed by atoms with van der Waals surface area (Å²) in [6.45, 7) is -0.424. The van der Waals surface area contributed by atoms with Crippen LogP contribution in [-0.2, 0) is 24.4 Å². The molecule has 11 heteroatoms. The Labute approximate surface area is 245 Å². The van der Waals surface area contributed by atoms with Gasteiger partial charge in [0.1, 0.15) is 36.1 Å². The molecule has 1 heterocycles. The molecule has 0 unspecified atom stereocenters. The number of carboxylic acid groups (broad SMARTS) is 1. The van der Waals surface area contributed by atoms with Gasteiger partial charge in [0.2, 0.25) is 5.28 Å². The topological polar surface area (TPSA) is 114 Å². The second-order valence-electron chi connectivity index (χ2n) is 9.49. The maximum atomic E-state index is 14.6. The average Bonchev–Trinajstić information content (AvgIpc) is 3.38. The molecule has 3 aromatic carbocycles. The minimum Gasteiger partial charge on any atom is -0.488 e. The summed E-state index contributed by atoms with van der Waals surface area (Å²) in [5.74, 6) is -0.693. The van der Waals surface area contributed by atoms with E-state index in [1.54, 1.807) is 24.3 Å². The van der Waals surface area contributed by atoms with E-state index in [1.165, 1.54) is 18.5 Å². The molecule has 1 aromatic heterocycles. The zero-order chi connectivity index (χ0) is 28.9. The summed E-state index contributed by atoms with van der Waals surface area (Å²) < 4.78 is 27.0. The van der Waals surface area contributed by atoms with E-state index in [4.69, 9.17) is 32.7 Å². The fourth-order valence-corrected chi connectivity index (χ4v) is 5.13. The lowest BCUT2D eigenvalue weighted by Gasteiger charge is -2.20. The summed E-state index contributed by atoms with van der Waals surface area (Å²) in [4.78, 5) is 19.3. The molecule has 0 aliphatic heterocycles. The van der Waals surface area contributed by atoms with Crippen molar-refractivity contribution >= 4 is 29.2 Å². The lowest BCUT2D eigenvalue weighted by molar-refractivity contribution is -0.140. The highest BCUT2D eigenvalue weighted by atomic mass is 35.5. The molecule has 1 aliphatic carbocycles. The fraction of sp³-hybridized carbons (Fsp3) is 0.233. The van der Waals surface area contributed by atoms with Crippen LogP contribution in [0, 0.1) is 5.82 Å². The first-order valence-electron chi connectivity index (χ1n) is 12.9. The number of aliphatic carboxylic acids is 1. The van der Waals surface area contributed by atoms with Crippen molar-refractivity contribution in [3.05, 3.63) is 105 Å². The first-order chi connectivity index (χ1) is 19.8. The molecule has 212 valence electrons. The minimum atomic E-state index is -1.19. The second kappa shape index (κ2) is 12.8. The van der Waals surface area contributed by atoms with Crippen molar-refractivity contribution in [2.45, 2.75) is 38.1 Å². The molecule has 0 spiro atoms. The molecule has 0 saturated heterocycles. The van der Waals surface area contributed by atoms with Gasteiger partial charge in [-0.05, 0) is 53.3 Å². The number of aliphatic hydroxyl groups is 1. The van der Waals surface area contributed by atoms with Gasteiger partial charge in [-0.2, -0.15) is 0 Å². The van der Waals surface area contributed by atoms with Crippen LogP contribution in [-0.4, -0.2) is 38.8 Å². The number of fused-ring (bicyclic) bond motifs is 1. The summed E-state index contributed by atoms with van der Waals surface area (Å²) in [6.07, 6.45) is 4.14. The van der Waals surface area contributed by atoms with Crippen LogP contribution in [0.1, 0.15) is 34.8 Å². The normalized spacial score (nSPS) is 14.9. The van der Waals surface area contributed by atoms with E-state index in [-0.39, 0.29) is 30.4 Å². The van der Waals surface area contributed by atoms with Gasteiger partial charge in [0, 0.05) is 41.7 Å². The van der Waals surface area contributed by atoms with Gasteiger partial charge in [0.25, 0.3) is 0 Å². The van der Waals surface area contributed by atoms with E-state index >= 15 is 0 Å². The summed E-state index contributed by atoms with van der Waals surface area (Å²) in [7, 11) is 0. The number of benzene rings is 3. The Bertz CT molecular complexity index is 1550. The highest BCUT2D eigenvalue weighted by Crippen LogP contribution is 2.43. The molecule has 0 fully saturated rings. The summed E-state index contributed by atoms with van der Waals surface area (Å²) >= 11 is 12.4. The first-order valence-corrected chi connectivity index (χ1v) is 13.6. The van der Waals surface area contributed by atoms with Gasteiger partial charge in [-0.3, -0.25) is 10.1 Å². The number of hydrogen-bond acceptors (Lipinski definition) is 7. The summed E-state index contributed by atoms with van der Waals surface area (Å²) in [5.41, 5.74) is 4.60. The third-order valence-corrected chi connectivity index (χ3v) is 7.34. The van der Waals surface area contributed by atoms with E-state index in [1.807, 2.05) is 24.3 Å². The summed E-state index contributed by atoms with van der Waals surface area (Å²) in [5, 5.41) is 21.9. The number of carboxylic acids is 1. The number of aromatic nitrogens is 2. The van der Waals surface area contributed by atoms with E-state index in [2.05, 4.69) is 15.3 Å². The number of hydrogen-bond donors (Lipinski definition) is 3. The predicted molar refractivity (Wildman–Crippen MR) is 152 cm³/mol. The van der Waals surface area contributed by atoms with Crippen LogP contribution < -0.4 is 14.8 Å². The van der Waals surface area contributed by atoms with Gasteiger partial charge < -0.3 is 19.7 Å². The Morgan fingerprint density at radius 1 is 1.07 bits per heavy atom. The Hall–Kier alpha value is -3.76. The SMILES string of the molecule is O=C(O)[C@H](CO)NCc1cc(Cl)c(O[C@H]2CCc3c(-c4ccccc4F)cccc32)cc1OCc1cnc(Cl)nc1. The molecule has 0 saturated carbocycles. The maximum absolute atomic E-state index is 14.6. The third-order valence-electron chi connectivity index (χ3n) is 6.85. The van der Waals surface area contributed by atoms with Crippen molar-refractivity contribution in [2.24, 2.45) is 0 Å². The number of rotatable bonds is 11. The van der Waals surface area contributed by atoms with E-state index < -0.39 is 18.6 Å². The van der Waals surface area contributed by atoms with Crippen LogP contribution >= 0.6 is 23.2 Å². The van der Waals surface area contributed by atoms with E-state index in [0.29, 0.717) is 46.1 Å². The lowest BCUT2D eigenvalue weighted by Crippen LogP contribution is -2.39. The summed E-state index contributed by atoms with van der Waals surface area (Å²) in [6, 6.07) is 14.6. The van der Waals surface area contributed by atoms with Crippen LogP contribution in [0.5, 0.6) is 11.5 Å². The number of halogens is 3. The molecule has 1 aliphatic rings. The van der Waals surface area contributed by atoms with Crippen LogP contribution in [0.2, 0.25) is 10.3 Å². The molecule has 0 radical (unpaired) electrons. The Morgan fingerprint density at radius 3 is 2.56 bits per heavy atom. The quantitative estimate of drug-likeness (QED) is 0.187. The van der Waals surface area contributed by atoms with Gasteiger partial charge in [0.05, 0.1) is 11.6 Å². The molecule has 2 atom stereocenters. The van der Waals surface area contributed by atoms with Crippen LogP contribution in [0.3, 0.4) is 0 Å². The molecule has 4 aromatic rings. The maximum Gasteiger partial charge on any atom is 0.323 e. The van der Waals surface area contributed by atoms with Crippen LogP contribution in [0.25, 0.3) is 11.1 Å². The highest BCUT2D eigenvalue weighted by molar-refractivity contribution is 6.32. The Balaban J connectivity index is 1.42. The highest BCUT2D eigenvalue weighted by Gasteiger charge is 2.28. The number of nitrogens with zero attached hydrogens (tertiary/aromatic N) is 2. The van der Waals surface area contributed by atoms with Crippen molar-refractivity contribution in [1.82, 2.24) is 15.3 Å². The molecule has 3 N–H and O–H groups in total. The first kappa shape index (κ1) is 28.8. The third kappa shape index (κ3) is 6.60. The average molecular weight is 598 g/mol. The standard InChI is InChI=1S/C30H26Cl2FN3O5/c31-23-10-18(14-34-25(15-37)29(38)39)27(40-16-17-12-35-30(32)36-13-17)11-28(23)41-26-9-8-20-19(5-3-6-22(20)26)21-4-1-2-7-24(21)33/h1-7,10-13,25-26,34,37H,8-9,14-16H2,(H,38,39)/t25-,26-/m0/s1. The monoisotopic (exact) mass is 597 g/mol. The van der Waals surface area contributed by atoms with Crippen molar-refractivity contribution in [2.75, 3.05) is 6.61 Å². The predicted octanol–water partition coefficient (Wildman–Crippen LogP) is 5.77. The number of aliphatic hydroxyl groups excluding tert-OH is 1. The van der Waals surface area contributed by atoms with Gasteiger partial charge in [-0.25, -0.2) is 14.4 Å². The molecule has 0 amide bonds. The van der Waals surface area contributed by atoms with E-state index in [0.717, 1.165) is 16.7 Å². The molecule has 5 rings (SSSR count). The lowest BCUT2D eigenvalue weighted by atomic mass is 9.96. The number of nitrogens with one attached hydrogen (secondary N) is 1. The second-order valence-corrected chi connectivity index (χ2v) is 10.2. The van der Waals surface area contributed by atoms with Gasteiger partial charge in [-0.15, -0.1) is 0 Å². The van der Waals surface area contributed by atoms with Crippen molar-refractivity contribution in [3.8, 4) is 22.6 Å². The fourth-order valence-electron chi connectivity index (χ4n) is 4.80. The number of carbonyl (C=O) groups is 1. The van der Waals surface area contributed by atoms with Crippen molar-refractivity contribution in [1.29, 1.82) is 0 Å². The molecule has 8 nitrogen and oxygen atoms in total. The molecule has 0 bridgehead atoms. The molecular weight excluding hydrogens is 572 g/mol. The molecular formula is C30H26Cl2FN3O5. The van der Waals surface area contributed by atoms with Crippen LogP contribution in [0.15, 0.2) is 67.0 Å². The van der Waals surface area contributed by atoms with Gasteiger partial charge >= 0.3 is 5.97 Å². The minimum absolute atomic E-state index is 0.0578. The van der Waals surface area contributed by atoms with Gasteiger partial charge in [0.15, 0.2) is 0 Å². The zero-order valence-corrected chi connectivity index (χ0v) is 23.2. The Kier molecular flexibility index (Phi) is 8.99. The smallest absolute Gasteiger partial charge is 0.323 e. The van der Waals surface area contributed by atoms with Crippen molar-refractivity contribution < 1.29 is 28.9 Å². The number of ether oxygens (including phenoxy) is 2. The van der Waals surface area contributed by atoms with Crippen LogP contribution in [0.4, 0.5) is 4.39 Å². The van der Waals surface area contributed by atoms with Gasteiger partial charge in [-0.1, -0.05) is 48.0 Å². The molecule has 41 heavy (non-hydrogen) atoms. The van der Waals surface area contributed by atoms with Crippen molar-refractivity contribution in [3.63, 3.8) is 0 Å².